The van der Waals surface area contributed by atoms with Gasteiger partial charge in [-0.15, -0.1) is 12.4 Å². The van der Waals surface area contributed by atoms with Gasteiger partial charge in [-0.1, -0.05) is 6.42 Å². The summed E-state index contributed by atoms with van der Waals surface area (Å²) in [7, 11) is 1.90. The van der Waals surface area contributed by atoms with Crippen molar-refractivity contribution in [1.29, 1.82) is 0 Å². The van der Waals surface area contributed by atoms with E-state index in [9.17, 15) is 4.79 Å². The molecule has 0 aliphatic heterocycles. The van der Waals surface area contributed by atoms with E-state index in [4.69, 9.17) is 0 Å². The predicted octanol–water partition coefficient (Wildman–Crippen LogP) is 1.39. The molecular weight excluding hydrogens is 162 g/mol. The molecule has 0 aromatic carbocycles. The highest BCUT2D eigenvalue weighted by atomic mass is 35.5. The molecule has 0 bridgehead atoms. The molecule has 0 radical (unpaired) electrons. The number of carbonyl (C=O) groups excluding carboxylic acids is 1. The summed E-state index contributed by atoms with van der Waals surface area (Å²) in [6, 6.07) is 0. The third-order valence-electron chi connectivity index (χ3n) is 2.13. The summed E-state index contributed by atoms with van der Waals surface area (Å²) < 4.78 is 0. The van der Waals surface area contributed by atoms with E-state index in [0.717, 1.165) is 25.8 Å². The summed E-state index contributed by atoms with van der Waals surface area (Å²) >= 11 is 0. The highest BCUT2D eigenvalue weighted by Crippen LogP contribution is 2.19. The van der Waals surface area contributed by atoms with Crippen LogP contribution in [0.4, 0.5) is 0 Å². The van der Waals surface area contributed by atoms with Crippen LogP contribution in [-0.2, 0) is 4.79 Å². The van der Waals surface area contributed by atoms with Crippen LogP contribution in [0.3, 0.4) is 0 Å². The molecule has 0 amide bonds. The molecule has 0 saturated heterocycles. The van der Waals surface area contributed by atoms with E-state index < -0.39 is 0 Å². The molecule has 0 heterocycles. The summed E-state index contributed by atoms with van der Waals surface area (Å²) in [4.78, 5) is 11.1. The van der Waals surface area contributed by atoms with Crippen molar-refractivity contribution < 1.29 is 4.79 Å². The summed E-state index contributed by atoms with van der Waals surface area (Å²) in [5, 5.41) is 3.05. The van der Waals surface area contributed by atoms with Crippen molar-refractivity contribution in [2.45, 2.75) is 25.7 Å². The van der Waals surface area contributed by atoms with Crippen LogP contribution in [-0.4, -0.2) is 19.4 Å². The van der Waals surface area contributed by atoms with Crippen molar-refractivity contribution in [2.24, 2.45) is 5.92 Å². The zero-order valence-electron chi connectivity index (χ0n) is 6.93. The molecule has 1 unspecified atom stereocenters. The Kier molecular flexibility index (Phi) is 5.51. The minimum atomic E-state index is 0. The van der Waals surface area contributed by atoms with Gasteiger partial charge in [-0.25, -0.2) is 0 Å². The monoisotopic (exact) mass is 177 g/mol. The molecule has 2 nitrogen and oxygen atoms in total. The lowest BCUT2D eigenvalue weighted by molar-refractivity contribution is -0.124. The third-order valence-corrected chi connectivity index (χ3v) is 2.13. The van der Waals surface area contributed by atoms with Gasteiger partial charge < -0.3 is 5.32 Å². The van der Waals surface area contributed by atoms with Gasteiger partial charge in [-0.2, -0.15) is 0 Å². The molecule has 1 aliphatic carbocycles. The Hall–Kier alpha value is -0.0800. The SMILES string of the molecule is CNCC1CCCCC1=O.Cl. The van der Waals surface area contributed by atoms with Gasteiger partial charge in [0, 0.05) is 18.9 Å². The molecule has 1 N–H and O–H groups in total. The minimum absolute atomic E-state index is 0. The van der Waals surface area contributed by atoms with Crippen molar-refractivity contribution >= 4 is 18.2 Å². The van der Waals surface area contributed by atoms with Crippen LogP contribution < -0.4 is 5.32 Å². The van der Waals surface area contributed by atoms with Crippen molar-refractivity contribution in [3.05, 3.63) is 0 Å². The van der Waals surface area contributed by atoms with Gasteiger partial charge in [0.1, 0.15) is 5.78 Å². The first-order chi connectivity index (χ1) is 4.84. The molecule has 0 aromatic heterocycles. The van der Waals surface area contributed by atoms with Gasteiger partial charge in [-0.05, 0) is 19.9 Å². The van der Waals surface area contributed by atoms with Gasteiger partial charge in [0.25, 0.3) is 0 Å². The number of ketones is 1. The van der Waals surface area contributed by atoms with Crippen LogP contribution in [0.25, 0.3) is 0 Å². The zero-order valence-corrected chi connectivity index (χ0v) is 7.75. The number of hydrogen-bond donors (Lipinski definition) is 1. The average molecular weight is 178 g/mol. The lowest BCUT2D eigenvalue weighted by Gasteiger charge is -2.19. The quantitative estimate of drug-likeness (QED) is 0.691. The summed E-state index contributed by atoms with van der Waals surface area (Å²) in [6.45, 7) is 0.874. The van der Waals surface area contributed by atoms with Gasteiger partial charge in [0.15, 0.2) is 0 Å². The maximum atomic E-state index is 11.1. The topological polar surface area (TPSA) is 29.1 Å². The van der Waals surface area contributed by atoms with Crippen molar-refractivity contribution in [3.63, 3.8) is 0 Å². The maximum Gasteiger partial charge on any atom is 0.137 e. The Morgan fingerprint density at radius 3 is 2.82 bits per heavy atom. The number of nitrogens with one attached hydrogen (secondary N) is 1. The van der Waals surface area contributed by atoms with E-state index in [1.54, 1.807) is 0 Å². The molecule has 1 fully saturated rings. The molecule has 0 spiro atoms. The van der Waals surface area contributed by atoms with Crippen molar-refractivity contribution in [2.75, 3.05) is 13.6 Å². The number of carbonyl (C=O) groups is 1. The van der Waals surface area contributed by atoms with E-state index in [-0.39, 0.29) is 12.4 Å². The normalized spacial score (nSPS) is 24.5. The van der Waals surface area contributed by atoms with Crippen molar-refractivity contribution in [3.8, 4) is 0 Å². The molecule has 0 aromatic rings. The molecule has 1 atom stereocenters. The van der Waals surface area contributed by atoms with Gasteiger partial charge >= 0.3 is 0 Å². The Morgan fingerprint density at radius 2 is 2.27 bits per heavy atom. The van der Waals surface area contributed by atoms with Gasteiger partial charge in [0.2, 0.25) is 0 Å². The van der Waals surface area contributed by atoms with E-state index in [1.165, 1.54) is 6.42 Å². The second-order valence-electron chi connectivity index (χ2n) is 2.97. The van der Waals surface area contributed by atoms with Gasteiger partial charge in [0.05, 0.1) is 0 Å². The van der Waals surface area contributed by atoms with Crippen LogP contribution in [0.5, 0.6) is 0 Å². The summed E-state index contributed by atoms with van der Waals surface area (Å²) in [5.74, 6) is 0.777. The van der Waals surface area contributed by atoms with Crippen LogP contribution in [0, 0.1) is 5.92 Å². The minimum Gasteiger partial charge on any atom is -0.319 e. The fourth-order valence-electron chi connectivity index (χ4n) is 1.52. The fraction of sp³-hybridized carbons (Fsp3) is 0.875. The summed E-state index contributed by atoms with van der Waals surface area (Å²) in [5.41, 5.74) is 0. The molecule has 1 aliphatic rings. The fourth-order valence-corrected chi connectivity index (χ4v) is 1.52. The number of halogens is 1. The summed E-state index contributed by atoms with van der Waals surface area (Å²) in [6.07, 6.45) is 4.25. The number of hydrogen-bond acceptors (Lipinski definition) is 2. The molecule has 1 rings (SSSR count). The molecule has 3 heteroatoms. The lowest BCUT2D eigenvalue weighted by Crippen LogP contribution is -2.28. The second kappa shape index (κ2) is 5.56. The Labute approximate surface area is 74.2 Å². The standard InChI is InChI=1S/C8H15NO.ClH/c1-9-6-7-4-2-3-5-8(7)10;/h7,9H,2-6H2,1H3;1H. The Bertz CT molecular complexity index is 125. The lowest BCUT2D eigenvalue weighted by atomic mass is 9.88. The first-order valence-corrected chi connectivity index (χ1v) is 4.02. The molecule has 11 heavy (non-hydrogen) atoms. The average Bonchev–Trinajstić information content (AvgIpc) is 1.94. The Morgan fingerprint density at radius 1 is 1.55 bits per heavy atom. The van der Waals surface area contributed by atoms with Crippen molar-refractivity contribution in [1.82, 2.24) is 5.32 Å². The van der Waals surface area contributed by atoms with Crippen LogP contribution in [0.1, 0.15) is 25.7 Å². The van der Waals surface area contributed by atoms with Gasteiger partial charge in [-0.3, -0.25) is 4.79 Å². The van der Waals surface area contributed by atoms with Crippen LogP contribution in [0.2, 0.25) is 0 Å². The highest BCUT2D eigenvalue weighted by Gasteiger charge is 2.20. The maximum absolute atomic E-state index is 11.1. The van der Waals surface area contributed by atoms with Crippen LogP contribution in [0.15, 0.2) is 0 Å². The van der Waals surface area contributed by atoms with E-state index >= 15 is 0 Å². The second-order valence-corrected chi connectivity index (χ2v) is 2.97. The third kappa shape index (κ3) is 3.21. The largest absolute Gasteiger partial charge is 0.319 e. The molecule has 1 saturated carbocycles. The van der Waals surface area contributed by atoms with E-state index in [2.05, 4.69) is 5.32 Å². The van der Waals surface area contributed by atoms with E-state index in [0.29, 0.717) is 11.7 Å². The number of Topliss-reactive ketones (excluding diaryl/α,β-unsaturated/α-hetero) is 1. The Balaban J connectivity index is 0.000001000. The first-order valence-electron chi connectivity index (χ1n) is 4.02. The molecular formula is C8H16ClNO. The molecule has 66 valence electrons. The smallest absolute Gasteiger partial charge is 0.137 e. The van der Waals surface area contributed by atoms with Crippen LogP contribution >= 0.6 is 12.4 Å². The van der Waals surface area contributed by atoms with E-state index in [1.807, 2.05) is 7.05 Å². The zero-order chi connectivity index (χ0) is 7.40. The predicted molar refractivity (Wildman–Crippen MR) is 48.1 cm³/mol. The first kappa shape index (κ1) is 10.9. The highest BCUT2D eigenvalue weighted by molar-refractivity contribution is 5.85. The number of rotatable bonds is 2.